The summed E-state index contributed by atoms with van der Waals surface area (Å²) in [5.41, 5.74) is 0.152. The minimum absolute atomic E-state index is 0.143. The molecule has 1 atom stereocenters. The normalized spacial score (nSPS) is 15.9. The number of halogens is 3. The van der Waals surface area contributed by atoms with E-state index in [4.69, 9.17) is 0 Å². The lowest BCUT2D eigenvalue weighted by molar-refractivity contribution is -0.137. The second-order valence-corrected chi connectivity index (χ2v) is 6.45. The van der Waals surface area contributed by atoms with Crippen LogP contribution in [0.15, 0.2) is 24.5 Å². The highest BCUT2D eigenvalue weighted by Crippen LogP contribution is 2.35. The largest absolute Gasteiger partial charge is 0.417 e. The predicted molar refractivity (Wildman–Crippen MR) is 85.4 cm³/mol. The van der Waals surface area contributed by atoms with Crippen molar-refractivity contribution in [2.75, 3.05) is 7.05 Å². The van der Waals surface area contributed by atoms with Crippen molar-refractivity contribution in [2.45, 2.75) is 38.9 Å². The van der Waals surface area contributed by atoms with Gasteiger partial charge in [0.05, 0.1) is 23.0 Å². The first-order valence-corrected chi connectivity index (χ1v) is 8.05. The van der Waals surface area contributed by atoms with Gasteiger partial charge in [-0.25, -0.2) is 9.67 Å². The standard InChI is InChI=1S/C17H19F3N4O/c1-10(12-4-5-12)23(3)16(25)14-9-22-24(11(14)2)15-7-6-13(8-21-15)17(18,19)20/h6-10,12H,4-5H2,1-3H3. The first kappa shape index (κ1) is 17.4. The zero-order valence-electron chi connectivity index (χ0n) is 14.2. The van der Waals surface area contributed by atoms with Gasteiger partial charge in [0.25, 0.3) is 5.91 Å². The molecule has 2 aromatic rings. The van der Waals surface area contributed by atoms with Crippen molar-refractivity contribution >= 4 is 5.91 Å². The summed E-state index contributed by atoms with van der Waals surface area (Å²) in [7, 11) is 1.76. The van der Waals surface area contributed by atoms with E-state index in [9.17, 15) is 18.0 Å². The van der Waals surface area contributed by atoms with Crippen LogP contribution in [-0.4, -0.2) is 38.7 Å². The number of carbonyl (C=O) groups is 1. The fraction of sp³-hybridized carbons (Fsp3) is 0.471. The third-order valence-electron chi connectivity index (χ3n) is 4.77. The van der Waals surface area contributed by atoms with Crippen molar-refractivity contribution in [1.82, 2.24) is 19.7 Å². The quantitative estimate of drug-likeness (QED) is 0.847. The van der Waals surface area contributed by atoms with Gasteiger partial charge in [0.2, 0.25) is 0 Å². The molecule has 1 aliphatic rings. The molecule has 8 heteroatoms. The average Bonchev–Trinajstić information content (AvgIpc) is 3.35. The molecule has 1 saturated carbocycles. The fourth-order valence-corrected chi connectivity index (χ4v) is 2.80. The van der Waals surface area contributed by atoms with Crippen LogP contribution >= 0.6 is 0 Å². The van der Waals surface area contributed by atoms with E-state index < -0.39 is 11.7 Å². The van der Waals surface area contributed by atoms with Gasteiger partial charge >= 0.3 is 6.18 Å². The van der Waals surface area contributed by atoms with Crippen molar-refractivity contribution in [3.05, 3.63) is 41.3 Å². The van der Waals surface area contributed by atoms with Gasteiger partial charge in [0.15, 0.2) is 5.82 Å². The molecular formula is C17H19F3N4O. The molecule has 134 valence electrons. The summed E-state index contributed by atoms with van der Waals surface area (Å²) < 4.78 is 39.3. The van der Waals surface area contributed by atoms with E-state index in [0.29, 0.717) is 17.2 Å². The molecule has 0 spiro atoms. The Labute approximate surface area is 143 Å². The SMILES string of the molecule is Cc1c(C(=O)N(C)C(C)C2CC2)cnn1-c1ccc(C(F)(F)F)cn1. The van der Waals surface area contributed by atoms with Crippen molar-refractivity contribution < 1.29 is 18.0 Å². The summed E-state index contributed by atoms with van der Waals surface area (Å²) in [5.74, 6) is 0.637. The Balaban J connectivity index is 1.84. The van der Waals surface area contributed by atoms with Crippen LogP contribution in [0.25, 0.3) is 5.82 Å². The Hall–Kier alpha value is -2.38. The van der Waals surface area contributed by atoms with E-state index in [-0.39, 0.29) is 17.8 Å². The van der Waals surface area contributed by atoms with Crippen LogP contribution in [0.3, 0.4) is 0 Å². The number of amides is 1. The van der Waals surface area contributed by atoms with Gasteiger partial charge in [-0.15, -0.1) is 0 Å². The molecule has 5 nitrogen and oxygen atoms in total. The van der Waals surface area contributed by atoms with Crippen LogP contribution in [0, 0.1) is 12.8 Å². The Morgan fingerprint density at radius 3 is 2.52 bits per heavy atom. The average molecular weight is 352 g/mol. The Morgan fingerprint density at radius 2 is 2.00 bits per heavy atom. The molecule has 1 fully saturated rings. The maximum atomic E-state index is 12.7. The van der Waals surface area contributed by atoms with E-state index in [0.717, 1.165) is 25.1 Å². The summed E-state index contributed by atoms with van der Waals surface area (Å²) >= 11 is 0. The number of hydrogen-bond acceptors (Lipinski definition) is 3. The molecule has 0 aromatic carbocycles. The lowest BCUT2D eigenvalue weighted by Crippen LogP contribution is -2.36. The van der Waals surface area contributed by atoms with Gasteiger partial charge in [-0.05, 0) is 44.7 Å². The highest BCUT2D eigenvalue weighted by Gasteiger charge is 2.34. The van der Waals surface area contributed by atoms with Crippen LogP contribution < -0.4 is 0 Å². The van der Waals surface area contributed by atoms with E-state index in [1.54, 1.807) is 18.9 Å². The molecular weight excluding hydrogens is 333 g/mol. The molecule has 0 aliphatic heterocycles. The monoisotopic (exact) mass is 352 g/mol. The summed E-state index contributed by atoms with van der Waals surface area (Å²) in [6, 6.07) is 2.35. The summed E-state index contributed by atoms with van der Waals surface area (Å²) in [4.78, 5) is 18.2. The molecule has 3 rings (SSSR count). The number of pyridine rings is 1. The first-order chi connectivity index (χ1) is 11.7. The van der Waals surface area contributed by atoms with Crippen molar-refractivity contribution in [3.63, 3.8) is 0 Å². The van der Waals surface area contributed by atoms with Gasteiger partial charge in [0.1, 0.15) is 0 Å². The third-order valence-corrected chi connectivity index (χ3v) is 4.77. The van der Waals surface area contributed by atoms with Crippen molar-refractivity contribution in [1.29, 1.82) is 0 Å². The molecule has 0 radical (unpaired) electrons. The molecule has 0 N–H and O–H groups in total. The lowest BCUT2D eigenvalue weighted by Gasteiger charge is -2.24. The topological polar surface area (TPSA) is 51.0 Å². The lowest BCUT2D eigenvalue weighted by atomic mass is 10.1. The molecule has 1 unspecified atom stereocenters. The van der Waals surface area contributed by atoms with Gasteiger partial charge in [0, 0.05) is 19.3 Å². The zero-order chi connectivity index (χ0) is 18.4. The third kappa shape index (κ3) is 3.38. The summed E-state index contributed by atoms with van der Waals surface area (Å²) in [6.45, 7) is 3.72. The van der Waals surface area contributed by atoms with Crippen LogP contribution in [0.1, 0.15) is 41.4 Å². The Kier molecular flexibility index (Phi) is 4.30. The minimum Gasteiger partial charge on any atom is -0.339 e. The highest BCUT2D eigenvalue weighted by molar-refractivity contribution is 5.95. The first-order valence-electron chi connectivity index (χ1n) is 8.05. The van der Waals surface area contributed by atoms with Crippen LogP contribution in [0.2, 0.25) is 0 Å². The molecule has 0 saturated heterocycles. The fourth-order valence-electron chi connectivity index (χ4n) is 2.80. The number of alkyl halides is 3. The number of rotatable bonds is 4. The van der Waals surface area contributed by atoms with Crippen molar-refractivity contribution in [3.8, 4) is 5.82 Å². The van der Waals surface area contributed by atoms with Gasteiger partial charge in [-0.3, -0.25) is 4.79 Å². The molecule has 0 bridgehead atoms. The molecule has 2 aromatic heterocycles. The highest BCUT2D eigenvalue weighted by atomic mass is 19.4. The summed E-state index contributed by atoms with van der Waals surface area (Å²) in [5, 5.41) is 4.13. The van der Waals surface area contributed by atoms with Crippen LogP contribution in [-0.2, 0) is 6.18 Å². The molecule has 1 amide bonds. The van der Waals surface area contributed by atoms with Gasteiger partial charge in [-0.1, -0.05) is 0 Å². The predicted octanol–water partition coefficient (Wildman–Crippen LogP) is 3.47. The second kappa shape index (κ2) is 6.16. The van der Waals surface area contributed by atoms with Crippen molar-refractivity contribution in [2.24, 2.45) is 5.92 Å². The number of nitrogens with zero attached hydrogens (tertiary/aromatic N) is 4. The van der Waals surface area contributed by atoms with E-state index in [1.807, 2.05) is 6.92 Å². The number of aromatic nitrogens is 3. The second-order valence-electron chi connectivity index (χ2n) is 6.45. The van der Waals surface area contributed by atoms with Crippen LogP contribution in [0.4, 0.5) is 13.2 Å². The van der Waals surface area contributed by atoms with E-state index in [2.05, 4.69) is 10.1 Å². The smallest absolute Gasteiger partial charge is 0.339 e. The number of hydrogen-bond donors (Lipinski definition) is 0. The van der Waals surface area contributed by atoms with Gasteiger partial charge in [-0.2, -0.15) is 18.3 Å². The zero-order valence-corrected chi connectivity index (χ0v) is 14.2. The molecule has 1 aliphatic carbocycles. The Bertz CT molecular complexity index is 778. The summed E-state index contributed by atoms with van der Waals surface area (Å²) in [6.07, 6.45) is 0.0266. The van der Waals surface area contributed by atoms with Crippen LogP contribution in [0.5, 0.6) is 0 Å². The minimum atomic E-state index is -4.44. The van der Waals surface area contributed by atoms with E-state index in [1.165, 1.54) is 16.9 Å². The maximum absolute atomic E-state index is 12.7. The molecule has 2 heterocycles. The number of carbonyl (C=O) groups excluding carboxylic acids is 1. The Morgan fingerprint density at radius 1 is 1.32 bits per heavy atom. The van der Waals surface area contributed by atoms with E-state index >= 15 is 0 Å². The maximum Gasteiger partial charge on any atom is 0.417 e. The van der Waals surface area contributed by atoms with Gasteiger partial charge < -0.3 is 4.90 Å². The molecule has 25 heavy (non-hydrogen) atoms.